The quantitative estimate of drug-likeness (QED) is 0.396. The highest BCUT2D eigenvalue weighted by atomic mass is 16.4. The maximum Gasteiger partial charge on any atom is 0.326 e. The molecule has 6 N–H and O–H groups in total. The van der Waals surface area contributed by atoms with Gasteiger partial charge in [0.1, 0.15) is 6.04 Å². The average Bonchev–Trinajstić information content (AvgIpc) is 2.62. The molecule has 0 aliphatic rings. The number of carboxylic acids is 2. The van der Waals surface area contributed by atoms with Crippen molar-refractivity contribution in [1.82, 2.24) is 20.7 Å². The number of carbonyl (C=O) groups excluding carboxylic acids is 1. The van der Waals surface area contributed by atoms with Crippen LogP contribution in [0.2, 0.25) is 0 Å². The van der Waals surface area contributed by atoms with Crippen molar-refractivity contribution in [2.45, 2.75) is 12.5 Å². The number of carboxylic acid groups (broad SMARTS) is 2. The number of anilines is 1. The molecule has 0 aromatic carbocycles. The number of nitrogens with one attached hydrogen (secondary N) is 2. The van der Waals surface area contributed by atoms with Gasteiger partial charge in [0.2, 0.25) is 0 Å². The van der Waals surface area contributed by atoms with E-state index in [1.165, 1.54) is 0 Å². The minimum Gasteiger partial charge on any atom is -0.481 e. The van der Waals surface area contributed by atoms with Crippen molar-refractivity contribution in [1.29, 1.82) is 0 Å². The van der Waals surface area contributed by atoms with Gasteiger partial charge in [0.05, 0.1) is 6.42 Å². The van der Waals surface area contributed by atoms with E-state index in [1.807, 2.05) is 5.32 Å². The van der Waals surface area contributed by atoms with Gasteiger partial charge in [-0.15, -0.1) is 10.2 Å². The zero-order valence-electron chi connectivity index (χ0n) is 8.38. The Morgan fingerprint density at radius 2 is 2.00 bits per heavy atom. The molecule has 0 saturated carbocycles. The van der Waals surface area contributed by atoms with E-state index in [4.69, 9.17) is 15.9 Å². The van der Waals surface area contributed by atoms with E-state index in [0.717, 1.165) is 0 Å². The van der Waals surface area contributed by atoms with Crippen molar-refractivity contribution >= 4 is 23.7 Å². The number of H-pyrrole nitrogens is 1. The van der Waals surface area contributed by atoms with Crippen molar-refractivity contribution in [3.63, 3.8) is 0 Å². The molecule has 0 saturated heterocycles. The molecule has 10 nitrogen and oxygen atoms in total. The molecule has 0 radical (unpaired) electrons. The second-order valence-electron chi connectivity index (χ2n) is 3.02. The minimum atomic E-state index is -1.56. The van der Waals surface area contributed by atoms with Crippen LogP contribution in [-0.4, -0.2) is 49.5 Å². The van der Waals surface area contributed by atoms with Crippen LogP contribution >= 0.6 is 0 Å². The summed E-state index contributed by atoms with van der Waals surface area (Å²) in [5.41, 5.74) is 4.97. The third-order valence-corrected chi connectivity index (χ3v) is 1.77. The Labute approximate surface area is 93.8 Å². The van der Waals surface area contributed by atoms with Crippen LogP contribution < -0.4 is 11.1 Å². The highest BCUT2D eigenvalue weighted by Crippen LogP contribution is 2.03. The van der Waals surface area contributed by atoms with Gasteiger partial charge in [-0.2, -0.15) is 5.21 Å². The number of aromatic nitrogens is 3. The summed E-state index contributed by atoms with van der Waals surface area (Å²) in [7, 11) is 0. The molecule has 17 heavy (non-hydrogen) atoms. The molecule has 0 aliphatic heterocycles. The lowest BCUT2D eigenvalue weighted by atomic mass is 10.2. The first-order valence-electron chi connectivity index (χ1n) is 4.33. The first-order chi connectivity index (χ1) is 7.91. The van der Waals surface area contributed by atoms with Crippen molar-refractivity contribution < 1.29 is 24.6 Å². The second-order valence-corrected chi connectivity index (χ2v) is 3.02. The maximum absolute atomic E-state index is 11.5. The maximum atomic E-state index is 11.5. The van der Waals surface area contributed by atoms with Crippen molar-refractivity contribution in [2.75, 3.05) is 5.73 Å². The summed E-state index contributed by atoms with van der Waals surface area (Å²) in [6, 6.07) is -1.56. The first-order valence-corrected chi connectivity index (χ1v) is 4.33. The normalized spacial score (nSPS) is 11.8. The summed E-state index contributed by atoms with van der Waals surface area (Å²) in [6.45, 7) is 0. The van der Waals surface area contributed by atoms with Crippen LogP contribution in [0.3, 0.4) is 0 Å². The Morgan fingerprint density at radius 1 is 1.35 bits per heavy atom. The standard InChI is InChI=1S/C7H9N5O5/c8-5-4(10-12-11-5)6(15)9-2(7(16)17)1-3(13)14/h2H,1H2,(H,9,15)(H,13,14)(H,16,17)(H3,8,10,11,12). The number of nitrogens with zero attached hydrogens (tertiary/aromatic N) is 2. The molecule has 1 unspecified atom stereocenters. The van der Waals surface area contributed by atoms with Crippen LogP contribution in [0.5, 0.6) is 0 Å². The highest BCUT2D eigenvalue weighted by Gasteiger charge is 2.25. The van der Waals surface area contributed by atoms with E-state index in [0.29, 0.717) is 0 Å². The predicted molar refractivity (Wildman–Crippen MR) is 51.9 cm³/mol. The Kier molecular flexibility index (Phi) is 3.59. The highest BCUT2D eigenvalue weighted by molar-refractivity contribution is 5.98. The number of rotatable bonds is 5. The Morgan fingerprint density at radius 3 is 2.41 bits per heavy atom. The van der Waals surface area contributed by atoms with E-state index >= 15 is 0 Å². The van der Waals surface area contributed by atoms with Gasteiger partial charge >= 0.3 is 11.9 Å². The Balaban J connectivity index is 2.74. The van der Waals surface area contributed by atoms with E-state index in [1.54, 1.807) is 0 Å². The molecule has 92 valence electrons. The molecule has 1 atom stereocenters. The summed E-state index contributed by atoms with van der Waals surface area (Å²) in [5.74, 6) is -3.94. The minimum absolute atomic E-state index is 0.207. The lowest BCUT2D eigenvalue weighted by molar-refractivity contribution is -0.145. The number of carbonyl (C=O) groups is 3. The average molecular weight is 243 g/mol. The SMILES string of the molecule is Nc1n[nH]nc1C(=O)NC(CC(=O)O)C(=O)O. The smallest absolute Gasteiger partial charge is 0.326 e. The van der Waals surface area contributed by atoms with E-state index < -0.39 is 30.3 Å². The lowest BCUT2D eigenvalue weighted by Crippen LogP contribution is -2.42. The fraction of sp³-hybridized carbons (Fsp3) is 0.286. The Hall–Kier alpha value is -2.65. The number of amides is 1. The number of hydrogen-bond acceptors (Lipinski definition) is 6. The van der Waals surface area contributed by atoms with Gasteiger partial charge in [-0.3, -0.25) is 9.59 Å². The predicted octanol–water partition coefficient (Wildman–Crippen LogP) is -1.96. The van der Waals surface area contributed by atoms with Gasteiger partial charge in [-0.1, -0.05) is 0 Å². The lowest BCUT2D eigenvalue weighted by Gasteiger charge is -2.10. The van der Waals surface area contributed by atoms with Gasteiger partial charge in [-0.05, 0) is 0 Å². The molecule has 0 bridgehead atoms. The Bertz CT molecular complexity index is 455. The zero-order chi connectivity index (χ0) is 13.0. The van der Waals surface area contributed by atoms with Gasteiger partial charge in [0.15, 0.2) is 11.5 Å². The van der Waals surface area contributed by atoms with Crippen LogP contribution in [0.25, 0.3) is 0 Å². The van der Waals surface area contributed by atoms with Crippen molar-refractivity contribution in [3.05, 3.63) is 5.69 Å². The summed E-state index contributed by atoms with van der Waals surface area (Å²) >= 11 is 0. The van der Waals surface area contributed by atoms with Crippen molar-refractivity contribution in [3.8, 4) is 0 Å². The summed E-state index contributed by atoms with van der Waals surface area (Å²) < 4.78 is 0. The first kappa shape index (κ1) is 12.4. The van der Waals surface area contributed by atoms with Crippen LogP contribution in [-0.2, 0) is 9.59 Å². The fourth-order valence-electron chi connectivity index (χ4n) is 1.01. The van der Waals surface area contributed by atoms with Gasteiger partial charge in [0, 0.05) is 0 Å². The van der Waals surface area contributed by atoms with Gasteiger partial charge in [-0.25, -0.2) is 4.79 Å². The van der Waals surface area contributed by atoms with Gasteiger partial charge < -0.3 is 21.3 Å². The molecule has 0 spiro atoms. The number of hydrogen-bond donors (Lipinski definition) is 5. The van der Waals surface area contributed by atoms with Crippen molar-refractivity contribution in [2.24, 2.45) is 0 Å². The van der Waals surface area contributed by atoms with Gasteiger partial charge in [0.25, 0.3) is 5.91 Å². The third-order valence-electron chi connectivity index (χ3n) is 1.77. The summed E-state index contributed by atoms with van der Waals surface area (Å²) in [4.78, 5) is 32.5. The van der Waals surface area contributed by atoms with E-state index in [9.17, 15) is 14.4 Å². The number of nitrogen functional groups attached to an aromatic ring is 1. The number of aromatic amines is 1. The third kappa shape index (κ3) is 3.15. The molecule has 1 heterocycles. The van der Waals surface area contributed by atoms with Crippen LogP contribution in [0.15, 0.2) is 0 Å². The molecule has 1 amide bonds. The molecular weight excluding hydrogens is 234 g/mol. The van der Waals surface area contributed by atoms with E-state index in [-0.39, 0.29) is 11.5 Å². The molecule has 0 fully saturated rings. The zero-order valence-corrected chi connectivity index (χ0v) is 8.38. The molecule has 1 aromatic rings. The number of aliphatic carboxylic acids is 2. The summed E-state index contributed by atoms with van der Waals surface area (Å²) in [5, 5.41) is 27.9. The molecule has 0 aliphatic carbocycles. The monoisotopic (exact) mass is 243 g/mol. The topological polar surface area (TPSA) is 171 Å². The van der Waals surface area contributed by atoms with Crippen LogP contribution in [0.4, 0.5) is 5.82 Å². The molecule has 10 heteroatoms. The van der Waals surface area contributed by atoms with Crippen LogP contribution in [0, 0.1) is 0 Å². The second kappa shape index (κ2) is 4.92. The molecular formula is C7H9N5O5. The van der Waals surface area contributed by atoms with E-state index in [2.05, 4.69) is 15.4 Å². The summed E-state index contributed by atoms with van der Waals surface area (Å²) in [6.07, 6.45) is -0.751. The molecule has 1 rings (SSSR count). The molecule has 1 aromatic heterocycles. The fourth-order valence-corrected chi connectivity index (χ4v) is 1.01. The van der Waals surface area contributed by atoms with Crippen LogP contribution in [0.1, 0.15) is 16.9 Å². The number of nitrogens with two attached hydrogens (primary N) is 1. The largest absolute Gasteiger partial charge is 0.481 e.